The smallest absolute Gasteiger partial charge is 0.272 e. The van der Waals surface area contributed by atoms with Crippen LogP contribution in [0.5, 0.6) is 11.5 Å². The van der Waals surface area contributed by atoms with Crippen LogP contribution >= 0.6 is 23.1 Å². The Morgan fingerprint density at radius 2 is 1.62 bits per heavy atom. The fraction of sp³-hybridized carbons (Fsp3) is 0.0769. The topological polar surface area (TPSA) is 130 Å². The molecule has 11 heteroatoms. The van der Waals surface area contributed by atoms with Crippen LogP contribution in [-0.4, -0.2) is 34.9 Å². The maximum atomic E-state index is 13.8. The molecule has 3 amide bonds. The molecule has 50 heavy (non-hydrogen) atoms. The number of methoxy groups -OCH3 is 1. The molecule has 5 aromatic carbocycles. The van der Waals surface area contributed by atoms with Gasteiger partial charge in [0.1, 0.15) is 22.4 Å². The molecule has 0 aliphatic rings. The Bertz CT molecular complexity index is 2200. The lowest BCUT2D eigenvalue weighted by Gasteiger charge is -2.17. The maximum Gasteiger partial charge on any atom is 0.272 e. The van der Waals surface area contributed by atoms with E-state index in [0.29, 0.717) is 27.7 Å². The van der Waals surface area contributed by atoms with E-state index in [1.54, 1.807) is 54.6 Å². The highest BCUT2D eigenvalue weighted by molar-refractivity contribution is 8.00. The number of phenols is 1. The Kier molecular flexibility index (Phi) is 10.6. The average molecular weight is 701 g/mol. The third-order valence-corrected chi connectivity index (χ3v) is 9.69. The van der Waals surface area contributed by atoms with Crippen molar-refractivity contribution in [2.45, 2.75) is 17.1 Å². The number of carbonyl (C=O) groups is 3. The number of thiazole rings is 1. The Morgan fingerprint density at radius 3 is 2.38 bits per heavy atom. The summed E-state index contributed by atoms with van der Waals surface area (Å²) < 4.78 is 6.38. The molecule has 4 N–H and O–H groups in total. The number of hydrogen-bond donors (Lipinski definition) is 4. The van der Waals surface area contributed by atoms with Gasteiger partial charge in [0.15, 0.2) is 5.13 Å². The zero-order valence-corrected chi connectivity index (χ0v) is 28.7. The summed E-state index contributed by atoms with van der Waals surface area (Å²) in [5.41, 5.74) is 3.98. The Balaban J connectivity index is 1.25. The van der Waals surface area contributed by atoms with Gasteiger partial charge in [-0.1, -0.05) is 72.0 Å². The lowest BCUT2D eigenvalue weighted by molar-refractivity contribution is -0.116. The van der Waals surface area contributed by atoms with Gasteiger partial charge in [-0.05, 0) is 78.7 Å². The molecule has 1 aromatic heterocycles. The van der Waals surface area contributed by atoms with Crippen LogP contribution in [0.2, 0.25) is 0 Å². The number of ether oxygens (including phenoxy) is 1. The molecule has 0 radical (unpaired) electrons. The first kappa shape index (κ1) is 34.0. The van der Waals surface area contributed by atoms with Gasteiger partial charge >= 0.3 is 0 Å². The van der Waals surface area contributed by atoms with E-state index in [0.717, 1.165) is 26.2 Å². The molecule has 0 fully saturated rings. The molecule has 0 aliphatic heterocycles. The molecule has 0 spiro atoms. The van der Waals surface area contributed by atoms with Crippen molar-refractivity contribution in [1.29, 1.82) is 0 Å². The number of hydrogen-bond acceptors (Lipinski definition) is 8. The summed E-state index contributed by atoms with van der Waals surface area (Å²) in [6.45, 7) is 2.01. The van der Waals surface area contributed by atoms with Crippen molar-refractivity contribution >= 4 is 67.9 Å². The van der Waals surface area contributed by atoms with E-state index in [2.05, 4.69) is 20.9 Å². The van der Waals surface area contributed by atoms with Crippen molar-refractivity contribution in [2.75, 3.05) is 17.7 Å². The molecular formula is C39H32N4O5S2. The van der Waals surface area contributed by atoms with Gasteiger partial charge in [-0.25, -0.2) is 4.98 Å². The number of aromatic hydroxyl groups is 1. The van der Waals surface area contributed by atoms with Crippen molar-refractivity contribution in [2.24, 2.45) is 0 Å². The van der Waals surface area contributed by atoms with Crippen LogP contribution in [0.25, 0.3) is 16.3 Å². The van der Waals surface area contributed by atoms with Gasteiger partial charge in [-0.2, -0.15) is 0 Å². The molecule has 0 bridgehead atoms. The zero-order chi connectivity index (χ0) is 35.0. The lowest BCUT2D eigenvalue weighted by Crippen LogP contribution is -2.30. The number of aryl methyl sites for hydroxylation is 1. The van der Waals surface area contributed by atoms with Gasteiger partial charge in [0.2, 0.25) is 5.91 Å². The number of nitrogens with one attached hydrogen (secondary N) is 3. The first-order valence-electron chi connectivity index (χ1n) is 15.5. The molecule has 9 nitrogen and oxygen atoms in total. The fourth-order valence-corrected chi connectivity index (χ4v) is 7.11. The lowest BCUT2D eigenvalue weighted by atomic mass is 10.1. The number of benzene rings is 5. The van der Waals surface area contributed by atoms with Crippen molar-refractivity contribution in [3.63, 3.8) is 0 Å². The quantitative estimate of drug-likeness (QED) is 0.0792. The number of thioether (sulfide) groups is 1. The normalized spacial score (nSPS) is 11.8. The molecule has 1 atom stereocenters. The number of anilines is 2. The summed E-state index contributed by atoms with van der Waals surface area (Å²) in [7, 11) is 1.44. The van der Waals surface area contributed by atoms with Crippen LogP contribution in [0.4, 0.5) is 10.8 Å². The molecule has 250 valence electrons. The van der Waals surface area contributed by atoms with Gasteiger partial charge in [-0.3, -0.25) is 14.4 Å². The van der Waals surface area contributed by atoms with E-state index >= 15 is 0 Å². The summed E-state index contributed by atoms with van der Waals surface area (Å²) >= 11 is 2.76. The molecule has 0 saturated heterocycles. The summed E-state index contributed by atoms with van der Waals surface area (Å²) in [6, 6.07) is 35.5. The Morgan fingerprint density at radius 1 is 0.860 bits per heavy atom. The number of carbonyl (C=O) groups excluding carboxylic acids is 3. The van der Waals surface area contributed by atoms with Gasteiger partial charge in [0.05, 0.1) is 17.3 Å². The van der Waals surface area contributed by atoms with Crippen LogP contribution < -0.4 is 20.7 Å². The minimum atomic E-state index is -0.626. The van der Waals surface area contributed by atoms with E-state index in [1.165, 1.54) is 48.4 Å². The maximum absolute atomic E-state index is 13.8. The third kappa shape index (κ3) is 8.38. The van der Waals surface area contributed by atoms with Gasteiger partial charge in [0.25, 0.3) is 11.8 Å². The SMILES string of the molecule is COc1cc(O)ccc1/C=C(/NC(=O)c1ccccc1)C(=O)Nc1cccc(SC(C(=O)Nc2nc3ccc(C)cc3s2)c2ccccc2)c1. The Hall–Kier alpha value is -5.91. The molecule has 6 aromatic rings. The van der Waals surface area contributed by atoms with E-state index in [4.69, 9.17) is 4.74 Å². The molecule has 0 aliphatic carbocycles. The summed E-state index contributed by atoms with van der Waals surface area (Å²) in [6.07, 6.45) is 1.48. The second-order valence-electron chi connectivity index (χ2n) is 11.2. The zero-order valence-electron chi connectivity index (χ0n) is 27.0. The fourth-order valence-electron chi connectivity index (χ4n) is 5.06. The number of nitrogens with zero attached hydrogens (tertiary/aromatic N) is 1. The molecule has 0 saturated carbocycles. The number of rotatable bonds is 11. The molecule has 6 rings (SSSR count). The number of phenolic OH excluding ortho intramolecular Hbond substituents is 1. The first-order valence-corrected chi connectivity index (χ1v) is 17.2. The highest BCUT2D eigenvalue weighted by atomic mass is 32.2. The van der Waals surface area contributed by atoms with Gasteiger partial charge in [-0.15, -0.1) is 11.8 Å². The third-order valence-electron chi connectivity index (χ3n) is 7.51. The predicted molar refractivity (Wildman–Crippen MR) is 200 cm³/mol. The minimum Gasteiger partial charge on any atom is -0.508 e. The second-order valence-corrected chi connectivity index (χ2v) is 13.4. The van der Waals surface area contributed by atoms with Crippen LogP contribution in [0.1, 0.15) is 32.3 Å². The first-order chi connectivity index (χ1) is 24.2. The molecular weight excluding hydrogens is 669 g/mol. The van der Waals surface area contributed by atoms with Crippen LogP contribution in [-0.2, 0) is 9.59 Å². The van der Waals surface area contributed by atoms with E-state index in [1.807, 2.05) is 61.5 Å². The van der Waals surface area contributed by atoms with Crippen molar-refractivity contribution in [3.8, 4) is 11.5 Å². The van der Waals surface area contributed by atoms with E-state index in [9.17, 15) is 19.5 Å². The van der Waals surface area contributed by atoms with Crippen molar-refractivity contribution in [3.05, 3.63) is 149 Å². The highest BCUT2D eigenvalue weighted by Crippen LogP contribution is 2.38. The van der Waals surface area contributed by atoms with Crippen molar-refractivity contribution < 1.29 is 24.2 Å². The molecule has 1 unspecified atom stereocenters. The molecule has 1 heterocycles. The largest absolute Gasteiger partial charge is 0.508 e. The standard InChI is InChI=1S/C39H32N4O5S2/c1-24-16-19-31-34(20-24)50-39(42-31)43-38(47)35(25-10-5-3-6-11-25)49-30-15-9-14-28(22-30)40-37(46)32(41-36(45)26-12-7-4-8-13-26)21-27-17-18-29(44)23-33(27)48-2/h3-23,35,44H,1-2H3,(H,40,46)(H,41,45)(H,42,43,47)/b32-21+. The van der Waals surface area contributed by atoms with Crippen LogP contribution in [0, 0.1) is 6.92 Å². The number of fused-ring (bicyclic) bond motifs is 1. The summed E-state index contributed by atoms with van der Waals surface area (Å²) in [5.74, 6) is -0.994. The summed E-state index contributed by atoms with van der Waals surface area (Å²) in [4.78, 5) is 46.0. The van der Waals surface area contributed by atoms with Gasteiger partial charge < -0.3 is 25.8 Å². The Labute approximate surface area is 297 Å². The predicted octanol–water partition coefficient (Wildman–Crippen LogP) is 8.20. The number of amides is 3. The highest BCUT2D eigenvalue weighted by Gasteiger charge is 2.24. The van der Waals surface area contributed by atoms with Crippen LogP contribution in [0.15, 0.2) is 132 Å². The van der Waals surface area contributed by atoms with E-state index < -0.39 is 17.1 Å². The monoisotopic (exact) mass is 700 g/mol. The van der Waals surface area contributed by atoms with Crippen LogP contribution in [0.3, 0.4) is 0 Å². The van der Waals surface area contributed by atoms with Gasteiger partial charge in [0, 0.05) is 27.8 Å². The minimum absolute atomic E-state index is 0.00899. The number of aromatic nitrogens is 1. The van der Waals surface area contributed by atoms with E-state index in [-0.39, 0.29) is 17.4 Å². The average Bonchev–Trinajstić information content (AvgIpc) is 3.52. The van der Waals surface area contributed by atoms with Crippen molar-refractivity contribution in [1.82, 2.24) is 10.3 Å². The summed E-state index contributed by atoms with van der Waals surface area (Å²) in [5, 5.41) is 18.4. The second kappa shape index (κ2) is 15.5.